The summed E-state index contributed by atoms with van der Waals surface area (Å²) in [5.74, 6) is -0.193. The van der Waals surface area contributed by atoms with Crippen LogP contribution >= 0.6 is 15.9 Å². The van der Waals surface area contributed by atoms with E-state index in [9.17, 15) is 4.39 Å². The van der Waals surface area contributed by atoms with Crippen molar-refractivity contribution in [1.29, 1.82) is 0 Å². The molecule has 5 heteroatoms. The fourth-order valence-corrected chi connectivity index (χ4v) is 3.52. The van der Waals surface area contributed by atoms with Gasteiger partial charge in [-0.3, -0.25) is 9.80 Å². The molecule has 0 saturated carbocycles. The number of halogens is 2. The van der Waals surface area contributed by atoms with Crippen LogP contribution < -0.4 is 0 Å². The summed E-state index contributed by atoms with van der Waals surface area (Å²) in [5.41, 5.74) is 1.17. The lowest BCUT2D eigenvalue weighted by atomic mass is 10.2. The SMILES string of the molecule is Fc1ccc(CN2CCC(N3CCOCC3)C2)cc1Br. The molecule has 2 fully saturated rings. The Bertz CT molecular complexity index is 465. The average Bonchev–Trinajstić information content (AvgIpc) is 2.92. The Labute approximate surface area is 127 Å². The maximum Gasteiger partial charge on any atom is 0.137 e. The highest BCUT2D eigenvalue weighted by molar-refractivity contribution is 9.10. The molecule has 0 aromatic heterocycles. The number of nitrogens with zero attached hydrogens (tertiary/aromatic N) is 2. The first-order chi connectivity index (χ1) is 9.72. The van der Waals surface area contributed by atoms with E-state index in [1.165, 1.54) is 18.1 Å². The molecule has 0 aliphatic carbocycles. The smallest absolute Gasteiger partial charge is 0.137 e. The number of morpholine rings is 1. The van der Waals surface area contributed by atoms with E-state index in [4.69, 9.17) is 4.74 Å². The Kier molecular flexibility index (Phi) is 4.71. The molecule has 1 atom stereocenters. The standard InChI is InChI=1S/C15H20BrFN2O/c16-14-9-12(1-2-15(14)17)10-18-4-3-13(11-18)19-5-7-20-8-6-19/h1-2,9,13H,3-8,10-11H2. The van der Waals surface area contributed by atoms with Gasteiger partial charge in [0.15, 0.2) is 0 Å². The van der Waals surface area contributed by atoms with Gasteiger partial charge in [0.2, 0.25) is 0 Å². The van der Waals surface area contributed by atoms with E-state index >= 15 is 0 Å². The van der Waals surface area contributed by atoms with Gasteiger partial charge >= 0.3 is 0 Å². The third-order valence-corrected chi connectivity index (χ3v) is 4.81. The summed E-state index contributed by atoms with van der Waals surface area (Å²) in [7, 11) is 0. The van der Waals surface area contributed by atoms with Gasteiger partial charge in [0.05, 0.1) is 17.7 Å². The molecule has 3 rings (SSSR count). The summed E-state index contributed by atoms with van der Waals surface area (Å²) in [6.45, 7) is 6.97. The van der Waals surface area contributed by atoms with Crippen molar-refractivity contribution < 1.29 is 9.13 Å². The van der Waals surface area contributed by atoms with Gasteiger partial charge in [0.1, 0.15) is 5.82 Å². The van der Waals surface area contributed by atoms with Gasteiger partial charge in [-0.25, -0.2) is 4.39 Å². The highest BCUT2D eigenvalue weighted by Crippen LogP contribution is 2.22. The molecule has 110 valence electrons. The summed E-state index contributed by atoms with van der Waals surface area (Å²) in [6.07, 6.45) is 1.22. The maximum atomic E-state index is 13.2. The topological polar surface area (TPSA) is 15.7 Å². The molecule has 0 amide bonds. The summed E-state index contributed by atoms with van der Waals surface area (Å²) < 4.78 is 19.2. The van der Waals surface area contributed by atoms with Gasteiger partial charge < -0.3 is 4.74 Å². The van der Waals surface area contributed by atoms with Crippen molar-refractivity contribution in [1.82, 2.24) is 9.80 Å². The van der Waals surface area contributed by atoms with Crippen molar-refractivity contribution in [2.75, 3.05) is 39.4 Å². The van der Waals surface area contributed by atoms with E-state index in [1.807, 2.05) is 12.1 Å². The van der Waals surface area contributed by atoms with Crippen molar-refractivity contribution in [3.63, 3.8) is 0 Å². The predicted octanol–water partition coefficient (Wildman–Crippen LogP) is 2.49. The fraction of sp³-hybridized carbons (Fsp3) is 0.600. The fourth-order valence-electron chi connectivity index (χ4n) is 3.09. The number of rotatable bonds is 3. The van der Waals surface area contributed by atoms with E-state index < -0.39 is 0 Å². The highest BCUT2D eigenvalue weighted by atomic mass is 79.9. The van der Waals surface area contributed by atoms with E-state index in [0.29, 0.717) is 10.5 Å². The van der Waals surface area contributed by atoms with Crippen molar-refractivity contribution in [3.8, 4) is 0 Å². The quantitative estimate of drug-likeness (QED) is 0.839. The summed E-state index contributed by atoms with van der Waals surface area (Å²) in [6, 6.07) is 5.96. The lowest BCUT2D eigenvalue weighted by molar-refractivity contribution is 0.0184. The van der Waals surface area contributed by atoms with Crippen LogP contribution in [0.1, 0.15) is 12.0 Å². The van der Waals surface area contributed by atoms with Crippen molar-refractivity contribution in [2.45, 2.75) is 19.0 Å². The predicted molar refractivity (Wildman–Crippen MR) is 80.2 cm³/mol. The van der Waals surface area contributed by atoms with E-state index in [0.717, 1.165) is 45.9 Å². The van der Waals surface area contributed by atoms with Crippen molar-refractivity contribution in [3.05, 3.63) is 34.1 Å². The molecule has 2 aliphatic rings. The molecule has 0 spiro atoms. The average molecular weight is 343 g/mol. The van der Waals surface area contributed by atoms with E-state index in [1.54, 1.807) is 0 Å². The Morgan fingerprint density at radius 2 is 2.05 bits per heavy atom. The minimum atomic E-state index is -0.193. The minimum Gasteiger partial charge on any atom is -0.379 e. The van der Waals surface area contributed by atoms with Gasteiger partial charge in [0.25, 0.3) is 0 Å². The maximum absolute atomic E-state index is 13.2. The molecule has 0 bridgehead atoms. The molecule has 2 heterocycles. The third-order valence-electron chi connectivity index (χ3n) is 4.20. The number of ether oxygens (including phenoxy) is 1. The first kappa shape index (κ1) is 14.4. The lowest BCUT2D eigenvalue weighted by Crippen LogP contribution is -2.44. The third kappa shape index (κ3) is 3.39. The van der Waals surface area contributed by atoms with Crippen LogP contribution in [-0.4, -0.2) is 55.2 Å². The molecule has 1 aromatic rings. The molecular formula is C15H20BrFN2O. The Hall–Kier alpha value is -0.490. The van der Waals surface area contributed by atoms with E-state index in [-0.39, 0.29) is 5.82 Å². The van der Waals surface area contributed by atoms with Crippen LogP contribution in [0.4, 0.5) is 4.39 Å². The van der Waals surface area contributed by atoms with Gasteiger partial charge in [-0.05, 0) is 40.0 Å². The Balaban J connectivity index is 1.55. The lowest BCUT2D eigenvalue weighted by Gasteiger charge is -2.32. The second kappa shape index (κ2) is 6.52. The summed E-state index contributed by atoms with van der Waals surface area (Å²) in [5, 5.41) is 0. The number of likely N-dealkylation sites (tertiary alicyclic amines) is 1. The normalized spacial score (nSPS) is 25.2. The summed E-state index contributed by atoms with van der Waals surface area (Å²) >= 11 is 3.25. The van der Waals surface area contributed by atoms with Crippen molar-refractivity contribution in [2.24, 2.45) is 0 Å². The Morgan fingerprint density at radius 3 is 2.80 bits per heavy atom. The van der Waals surface area contributed by atoms with Crippen LogP contribution in [-0.2, 0) is 11.3 Å². The molecule has 0 radical (unpaired) electrons. The van der Waals surface area contributed by atoms with Crippen LogP contribution in [0.2, 0.25) is 0 Å². The van der Waals surface area contributed by atoms with Crippen LogP contribution in [0.25, 0.3) is 0 Å². The first-order valence-corrected chi connectivity index (χ1v) is 8.00. The monoisotopic (exact) mass is 342 g/mol. The van der Waals surface area contributed by atoms with Crippen LogP contribution in [0, 0.1) is 5.82 Å². The number of hydrogen-bond acceptors (Lipinski definition) is 3. The number of benzene rings is 1. The second-order valence-electron chi connectivity index (χ2n) is 5.57. The molecule has 2 aliphatic heterocycles. The molecule has 1 aromatic carbocycles. The van der Waals surface area contributed by atoms with Crippen LogP contribution in [0.3, 0.4) is 0 Å². The van der Waals surface area contributed by atoms with Gasteiger partial charge in [-0.1, -0.05) is 6.07 Å². The first-order valence-electron chi connectivity index (χ1n) is 7.20. The zero-order chi connectivity index (χ0) is 13.9. The Morgan fingerprint density at radius 1 is 1.25 bits per heavy atom. The minimum absolute atomic E-state index is 0.193. The zero-order valence-corrected chi connectivity index (χ0v) is 13.1. The molecule has 0 N–H and O–H groups in total. The van der Waals surface area contributed by atoms with Crippen LogP contribution in [0.15, 0.2) is 22.7 Å². The highest BCUT2D eigenvalue weighted by Gasteiger charge is 2.28. The largest absolute Gasteiger partial charge is 0.379 e. The molecule has 3 nitrogen and oxygen atoms in total. The second-order valence-corrected chi connectivity index (χ2v) is 6.43. The van der Waals surface area contributed by atoms with Crippen LogP contribution in [0.5, 0.6) is 0 Å². The van der Waals surface area contributed by atoms with Gasteiger partial charge in [-0.15, -0.1) is 0 Å². The molecule has 1 unspecified atom stereocenters. The molecule has 2 saturated heterocycles. The van der Waals surface area contributed by atoms with E-state index in [2.05, 4.69) is 25.7 Å². The molecular weight excluding hydrogens is 323 g/mol. The van der Waals surface area contributed by atoms with Gasteiger partial charge in [0, 0.05) is 38.8 Å². The molecule has 20 heavy (non-hydrogen) atoms. The summed E-state index contributed by atoms with van der Waals surface area (Å²) in [4.78, 5) is 5.00. The number of hydrogen-bond donors (Lipinski definition) is 0. The zero-order valence-electron chi connectivity index (χ0n) is 11.5. The van der Waals surface area contributed by atoms with Gasteiger partial charge in [-0.2, -0.15) is 0 Å². The van der Waals surface area contributed by atoms with Crippen molar-refractivity contribution >= 4 is 15.9 Å².